The summed E-state index contributed by atoms with van der Waals surface area (Å²) in [4.78, 5) is 23.5. The summed E-state index contributed by atoms with van der Waals surface area (Å²) in [7, 11) is 1.24. The van der Waals surface area contributed by atoms with Crippen LogP contribution in [0.3, 0.4) is 0 Å². The zero-order valence-corrected chi connectivity index (χ0v) is 19.2. The molecule has 2 aliphatic rings. The van der Waals surface area contributed by atoms with Crippen molar-refractivity contribution in [1.82, 2.24) is 0 Å². The Morgan fingerprint density at radius 1 is 1.15 bits per heavy atom. The minimum Gasteiger partial charge on any atom is -0.489 e. The Labute approximate surface area is 197 Å². The summed E-state index contributed by atoms with van der Waals surface area (Å²) in [5.74, 6) is -0.796. The van der Waals surface area contributed by atoms with Gasteiger partial charge in [0.2, 0.25) is 11.7 Å². The van der Waals surface area contributed by atoms with Crippen LogP contribution in [0.2, 0.25) is 5.02 Å². The zero-order chi connectivity index (χ0) is 24.2. The van der Waals surface area contributed by atoms with E-state index in [4.69, 9.17) is 22.1 Å². The highest BCUT2D eigenvalue weighted by Crippen LogP contribution is 2.56. The smallest absolute Gasteiger partial charge is 0.417 e. The fraction of sp³-hybridized carbons (Fsp3) is 0.409. The van der Waals surface area contributed by atoms with Gasteiger partial charge in [-0.3, -0.25) is 14.9 Å². The van der Waals surface area contributed by atoms with Gasteiger partial charge < -0.3 is 21.3 Å². The molecule has 2 aromatic carbocycles. The van der Waals surface area contributed by atoms with E-state index in [1.54, 1.807) is 6.92 Å². The van der Waals surface area contributed by atoms with E-state index in [2.05, 4.69) is 5.32 Å². The summed E-state index contributed by atoms with van der Waals surface area (Å²) in [5.41, 5.74) is 6.84. The van der Waals surface area contributed by atoms with E-state index in [1.807, 2.05) is 0 Å². The molecule has 2 bridgehead atoms. The Bertz CT molecular complexity index is 1210. The Hall–Kier alpha value is -2.89. The average molecular weight is 502 g/mol. The zero-order valence-electron chi connectivity index (χ0n) is 18.4. The number of nitro groups is 1. The van der Waals surface area contributed by atoms with E-state index in [-0.39, 0.29) is 58.0 Å². The lowest BCUT2D eigenvalue weighted by Crippen LogP contribution is -2.25. The number of carbonyl (C=O) groups is 1. The van der Waals surface area contributed by atoms with E-state index in [0.717, 1.165) is 0 Å². The van der Waals surface area contributed by atoms with Crippen LogP contribution in [0, 0.1) is 10.1 Å². The molecule has 0 saturated heterocycles. The quantitative estimate of drug-likeness (QED) is 0.458. The van der Waals surface area contributed by atoms with Gasteiger partial charge in [-0.05, 0) is 54.4 Å². The molecule has 0 aliphatic heterocycles. The Balaban J connectivity index is 0.00000324. The first-order valence-corrected chi connectivity index (χ1v) is 10.8. The monoisotopic (exact) mass is 501 g/mol. The minimum absolute atomic E-state index is 0. The van der Waals surface area contributed by atoms with Gasteiger partial charge in [-0.2, -0.15) is 13.2 Å². The molecule has 0 radical (unpaired) electrons. The van der Waals surface area contributed by atoms with Crippen molar-refractivity contribution in [1.29, 1.82) is 0 Å². The van der Waals surface area contributed by atoms with Crippen molar-refractivity contribution >= 4 is 28.9 Å². The van der Waals surface area contributed by atoms with Gasteiger partial charge in [0.1, 0.15) is 0 Å². The van der Waals surface area contributed by atoms with Gasteiger partial charge in [-0.1, -0.05) is 18.5 Å². The number of ether oxygens (including phenoxy) is 1. The number of methoxy groups -OCH3 is 1. The molecule has 2 aliphatic carbocycles. The summed E-state index contributed by atoms with van der Waals surface area (Å²) in [6, 6.07) is 0. The fourth-order valence-electron chi connectivity index (χ4n) is 5.04. The van der Waals surface area contributed by atoms with Crippen LogP contribution in [-0.2, 0) is 43.1 Å². The second-order valence-corrected chi connectivity index (χ2v) is 8.33. The molecule has 4 rings (SSSR count). The topological polar surface area (TPSA) is 139 Å². The first kappa shape index (κ1) is 25.7. The van der Waals surface area contributed by atoms with E-state index in [0.29, 0.717) is 40.7 Å². The molecule has 0 atom stereocenters. The number of amides is 1. The number of halogens is 4. The second kappa shape index (κ2) is 9.05. The fourth-order valence-corrected chi connectivity index (χ4v) is 5.44. The standard InChI is InChI=1S/C22H21ClF3N3O4.H2O/c1-3-9-11-5-7-13(17(11)22(24,25)26)18(23)15(9)16-10-4-6-12(10)20(29(31)32)21(33-2)19(16)28-14(30)8-27;/h3-8,27H2,1-2H3,(H,28,30);1H2. The lowest BCUT2D eigenvalue weighted by Gasteiger charge is -2.30. The largest absolute Gasteiger partial charge is 0.489 e. The number of benzene rings is 2. The third-order valence-electron chi connectivity index (χ3n) is 6.37. The molecule has 12 heteroatoms. The SMILES string of the molecule is CCc1c2c(C(F)(F)F)c(c(Cl)c1-c1c3c(c([N+](=O)[O-])c(OC)c1NC(=O)CN)CC3)CC2.O. The molecular weight excluding hydrogens is 479 g/mol. The number of alkyl halides is 3. The van der Waals surface area contributed by atoms with Crippen molar-refractivity contribution in [2.24, 2.45) is 5.73 Å². The van der Waals surface area contributed by atoms with Crippen LogP contribution >= 0.6 is 11.6 Å². The molecule has 0 fully saturated rings. The Kier molecular flexibility index (Phi) is 6.84. The normalized spacial score (nSPS) is 13.6. The van der Waals surface area contributed by atoms with Crippen molar-refractivity contribution in [3.8, 4) is 16.9 Å². The maximum atomic E-state index is 13.9. The molecule has 0 unspecified atom stereocenters. The maximum Gasteiger partial charge on any atom is 0.417 e. The van der Waals surface area contributed by atoms with E-state index >= 15 is 0 Å². The van der Waals surface area contributed by atoms with Gasteiger partial charge in [0.25, 0.3) is 0 Å². The molecule has 0 saturated carbocycles. The van der Waals surface area contributed by atoms with Crippen molar-refractivity contribution in [3.63, 3.8) is 0 Å². The maximum absolute atomic E-state index is 13.9. The van der Waals surface area contributed by atoms with Gasteiger partial charge >= 0.3 is 11.9 Å². The highest BCUT2D eigenvalue weighted by molar-refractivity contribution is 6.35. The van der Waals surface area contributed by atoms with Gasteiger partial charge in [0.15, 0.2) is 0 Å². The number of carbonyl (C=O) groups excluding carboxylic acids is 1. The third-order valence-corrected chi connectivity index (χ3v) is 6.79. The van der Waals surface area contributed by atoms with Crippen molar-refractivity contribution in [2.45, 2.75) is 45.2 Å². The molecule has 5 N–H and O–H groups in total. The van der Waals surface area contributed by atoms with Crippen LogP contribution in [0.1, 0.15) is 40.3 Å². The number of anilines is 1. The summed E-state index contributed by atoms with van der Waals surface area (Å²) in [5, 5.41) is 14.4. The first-order chi connectivity index (χ1) is 15.6. The van der Waals surface area contributed by atoms with Gasteiger partial charge in [-0.15, -0.1) is 0 Å². The van der Waals surface area contributed by atoms with Crippen LogP contribution < -0.4 is 15.8 Å². The highest BCUT2D eigenvalue weighted by Gasteiger charge is 2.44. The third kappa shape index (κ3) is 3.68. The number of nitrogens with zero attached hydrogens (tertiary/aromatic N) is 1. The van der Waals surface area contributed by atoms with Gasteiger partial charge in [-0.25, -0.2) is 0 Å². The summed E-state index contributed by atoms with van der Waals surface area (Å²) in [6.07, 6.45) is -3.10. The van der Waals surface area contributed by atoms with Crippen molar-refractivity contribution in [2.75, 3.05) is 19.0 Å². The van der Waals surface area contributed by atoms with Crippen LogP contribution in [0.4, 0.5) is 24.5 Å². The number of nitro benzene ring substituents is 1. The molecular formula is C22H23ClF3N3O5. The number of hydrogen-bond donors (Lipinski definition) is 2. The molecule has 2 aromatic rings. The van der Waals surface area contributed by atoms with Crippen LogP contribution in [0.15, 0.2) is 0 Å². The molecule has 8 nitrogen and oxygen atoms in total. The van der Waals surface area contributed by atoms with Crippen LogP contribution in [0.25, 0.3) is 11.1 Å². The molecule has 184 valence electrons. The lowest BCUT2D eigenvalue weighted by molar-refractivity contribution is -0.386. The second-order valence-electron chi connectivity index (χ2n) is 7.95. The number of rotatable bonds is 6. The van der Waals surface area contributed by atoms with Crippen molar-refractivity contribution in [3.05, 3.63) is 48.5 Å². The van der Waals surface area contributed by atoms with E-state index in [9.17, 15) is 28.1 Å². The van der Waals surface area contributed by atoms with E-state index in [1.165, 1.54) is 7.11 Å². The van der Waals surface area contributed by atoms with Crippen molar-refractivity contribution < 1.29 is 33.1 Å². The summed E-state index contributed by atoms with van der Waals surface area (Å²) >= 11 is 6.65. The number of fused-ring (bicyclic) bond motifs is 3. The average Bonchev–Trinajstić information content (AvgIpc) is 3.12. The predicted molar refractivity (Wildman–Crippen MR) is 121 cm³/mol. The molecule has 1 amide bonds. The minimum atomic E-state index is -4.55. The number of hydrogen-bond acceptors (Lipinski definition) is 5. The Morgan fingerprint density at radius 3 is 2.21 bits per heavy atom. The molecule has 0 heterocycles. The highest BCUT2D eigenvalue weighted by atomic mass is 35.5. The van der Waals surface area contributed by atoms with Crippen LogP contribution in [-0.4, -0.2) is 30.0 Å². The molecule has 0 aromatic heterocycles. The molecule has 0 spiro atoms. The summed E-state index contributed by atoms with van der Waals surface area (Å²) in [6.45, 7) is 1.34. The Morgan fingerprint density at radius 2 is 1.74 bits per heavy atom. The number of nitrogens with one attached hydrogen (secondary N) is 1. The van der Waals surface area contributed by atoms with Gasteiger partial charge in [0.05, 0.1) is 34.9 Å². The lowest BCUT2D eigenvalue weighted by atomic mass is 9.77. The van der Waals surface area contributed by atoms with E-state index < -0.39 is 29.1 Å². The van der Waals surface area contributed by atoms with Crippen LogP contribution in [0.5, 0.6) is 5.75 Å². The predicted octanol–water partition coefficient (Wildman–Crippen LogP) is 3.77. The molecule has 34 heavy (non-hydrogen) atoms. The number of nitrogens with two attached hydrogens (primary N) is 1. The first-order valence-electron chi connectivity index (χ1n) is 10.4. The van der Waals surface area contributed by atoms with Gasteiger partial charge in [0, 0.05) is 16.7 Å². The summed E-state index contributed by atoms with van der Waals surface area (Å²) < 4.78 is 47.0.